The van der Waals surface area contributed by atoms with E-state index in [1.54, 1.807) is 38.1 Å². The summed E-state index contributed by atoms with van der Waals surface area (Å²) in [4.78, 5) is 25.5. The van der Waals surface area contributed by atoms with E-state index >= 15 is 0 Å². The number of hydrogen-bond acceptors (Lipinski definition) is 8. The Kier molecular flexibility index (Phi) is 12.2. The largest absolute Gasteiger partial charge is 0.466 e. The zero-order valence-corrected chi connectivity index (χ0v) is 20.0. The molecule has 0 fully saturated rings. The van der Waals surface area contributed by atoms with Crippen molar-refractivity contribution < 1.29 is 32.6 Å². The van der Waals surface area contributed by atoms with Gasteiger partial charge in [-0.05, 0) is 25.5 Å². The van der Waals surface area contributed by atoms with E-state index in [0.717, 1.165) is 0 Å². The molecule has 0 saturated carbocycles. The molecule has 2 unspecified atom stereocenters. The van der Waals surface area contributed by atoms with Crippen molar-refractivity contribution in [2.45, 2.75) is 19.8 Å². The van der Waals surface area contributed by atoms with Crippen molar-refractivity contribution in [2.75, 3.05) is 39.7 Å². The second-order valence-electron chi connectivity index (χ2n) is 6.49. The van der Waals surface area contributed by atoms with Crippen molar-refractivity contribution in [1.29, 1.82) is 0 Å². The molecule has 11 heteroatoms. The number of rotatable bonds is 8. The van der Waals surface area contributed by atoms with E-state index < -0.39 is 28.9 Å². The summed E-state index contributed by atoms with van der Waals surface area (Å²) < 4.78 is 32.4. The number of nitrogens with one attached hydrogen (secondary N) is 1. The average Bonchev–Trinajstić information content (AvgIpc) is 2.73. The van der Waals surface area contributed by atoms with E-state index in [2.05, 4.69) is 5.32 Å². The summed E-state index contributed by atoms with van der Waals surface area (Å²) >= 11 is 4.81. The van der Waals surface area contributed by atoms with Gasteiger partial charge in [0.05, 0.1) is 49.7 Å². The van der Waals surface area contributed by atoms with Crippen molar-refractivity contribution in [1.82, 2.24) is 5.32 Å². The lowest BCUT2D eigenvalue weighted by atomic mass is 9.80. The summed E-state index contributed by atoms with van der Waals surface area (Å²) in [5, 5.41) is 3.52. The van der Waals surface area contributed by atoms with Gasteiger partial charge in [0.1, 0.15) is 11.1 Å². The fraction of sp³-hybridized carbons (Fsp3) is 0.429. The van der Waals surface area contributed by atoms with Gasteiger partial charge in [-0.25, -0.2) is 13.8 Å². The van der Waals surface area contributed by atoms with Crippen LogP contribution < -0.4 is 11.1 Å². The normalized spacial score (nSPS) is 16.5. The molecule has 2 atom stereocenters. The second kappa shape index (κ2) is 14.0. The summed E-state index contributed by atoms with van der Waals surface area (Å²) in [6, 6.07) is 7.05. The third kappa shape index (κ3) is 7.72. The van der Waals surface area contributed by atoms with Gasteiger partial charge < -0.3 is 29.8 Å². The number of carbonyl (C=O) groups is 2. The van der Waals surface area contributed by atoms with E-state index in [0.29, 0.717) is 40.7 Å². The first-order valence-corrected chi connectivity index (χ1v) is 11.6. The van der Waals surface area contributed by atoms with Crippen LogP contribution in [0.3, 0.4) is 0 Å². The van der Waals surface area contributed by atoms with Crippen molar-refractivity contribution in [3.8, 4) is 0 Å². The predicted molar refractivity (Wildman–Crippen MR) is 122 cm³/mol. The lowest BCUT2D eigenvalue weighted by Gasteiger charge is -2.31. The maximum Gasteiger partial charge on any atom is 0.336 e. The highest BCUT2D eigenvalue weighted by Gasteiger charge is 2.39. The van der Waals surface area contributed by atoms with Crippen LogP contribution in [0.4, 0.5) is 0 Å². The highest BCUT2D eigenvalue weighted by atomic mass is 35.5. The number of halogens is 1. The highest BCUT2D eigenvalue weighted by molar-refractivity contribution is 7.78. The van der Waals surface area contributed by atoms with Crippen LogP contribution in [0.25, 0.3) is 0 Å². The van der Waals surface area contributed by atoms with Gasteiger partial charge in [0.25, 0.3) is 0 Å². The van der Waals surface area contributed by atoms with E-state index in [1.807, 2.05) is 0 Å². The third-order valence-corrected chi connectivity index (χ3v) is 4.61. The van der Waals surface area contributed by atoms with Crippen LogP contribution in [-0.2, 0) is 34.9 Å². The monoisotopic (exact) mass is 488 g/mol. The fourth-order valence-corrected chi connectivity index (χ4v) is 3.36. The molecule has 1 aromatic carbocycles. The van der Waals surface area contributed by atoms with Crippen LogP contribution in [0.5, 0.6) is 0 Å². The number of hydrogen-bond donors (Lipinski definition) is 3. The van der Waals surface area contributed by atoms with Crippen LogP contribution in [0.15, 0.2) is 46.8 Å². The minimum absolute atomic E-state index is 0.109. The van der Waals surface area contributed by atoms with Gasteiger partial charge in [-0.15, -0.1) is 0 Å². The molecule has 0 aromatic heterocycles. The Labute approximate surface area is 195 Å². The van der Waals surface area contributed by atoms with Gasteiger partial charge in [0, 0.05) is 23.5 Å². The highest BCUT2D eigenvalue weighted by Crippen LogP contribution is 2.41. The summed E-state index contributed by atoms with van der Waals surface area (Å²) in [7, 11) is 1.29. The number of benzene rings is 1. The number of allylic oxidation sites excluding steroid dienone is 1. The lowest BCUT2D eigenvalue weighted by molar-refractivity contribution is -0.139. The van der Waals surface area contributed by atoms with Crippen molar-refractivity contribution in [3.63, 3.8) is 0 Å². The summed E-state index contributed by atoms with van der Waals surface area (Å²) in [5.41, 5.74) is 7.70. The number of methoxy groups -OCH3 is 1. The average molecular weight is 489 g/mol. The van der Waals surface area contributed by atoms with E-state index in [1.165, 1.54) is 13.4 Å². The number of carbonyl (C=O) groups excluding carboxylic acids is 2. The van der Waals surface area contributed by atoms with E-state index in [9.17, 15) is 9.59 Å². The molecule has 2 rings (SSSR count). The first-order valence-electron chi connectivity index (χ1n) is 9.70. The Balaban J connectivity index is 0.00000118. The van der Waals surface area contributed by atoms with E-state index in [-0.39, 0.29) is 18.8 Å². The minimum atomic E-state index is -1.61. The van der Waals surface area contributed by atoms with Gasteiger partial charge in [0.15, 0.2) is 0 Å². The molecular formula is C21H29ClN2O7S. The van der Waals surface area contributed by atoms with Crippen molar-refractivity contribution in [2.24, 2.45) is 5.73 Å². The second-order valence-corrected chi connectivity index (χ2v) is 7.74. The van der Waals surface area contributed by atoms with Crippen LogP contribution in [0, 0.1) is 0 Å². The molecule has 0 saturated heterocycles. The molecule has 1 heterocycles. The molecular weight excluding hydrogens is 460 g/mol. The standard InChI is InChI=1S/C20H25ClN2O5.CH4O2S/c1-4-28-20(25)18-15(11-27-10-9-22)23-12(2)16(19(24)26-3)17(18)13-7-5-6-8-14(13)21;1-4(2)3/h5-8,17,23H,4,9-11,22H2,1-3H3;1H3,(H,2,3). The summed E-state index contributed by atoms with van der Waals surface area (Å²) in [6.45, 7) is 4.42. The van der Waals surface area contributed by atoms with Gasteiger partial charge in [-0.1, -0.05) is 29.8 Å². The number of ether oxygens (including phenoxy) is 3. The van der Waals surface area contributed by atoms with E-state index in [4.69, 9.17) is 40.3 Å². The SMILES string of the molecule is CCOC(=O)C1=C(COCCN)NC(C)=C(C(=O)OC)C1c1ccccc1Cl.CS(=O)O. The van der Waals surface area contributed by atoms with Crippen LogP contribution in [-0.4, -0.2) is 60.4 Å². The Morgan fingerprint density at radius 3 is 2.41 bits per heavy atom. The Hall–Kier alpha value is -2.24. The molecule has 0 aliphatic carbocycles. The molecule has 1 aliphatic rings. The first kappa shape index (κ1) is 27.8. The molecule has 9 nitrogen and oxygen atoms in total. The molecule has 0 amide bonds. The number of dihydropyridines is 1. The molecule has 1 aliphatic heterocycles. The first-order chi connectivity index (χ1) is 15.2. The molecule has 32 heavy (non-hydrogen) atoms. The Morgan fingerprint density at radius 2 is 1.88 bits per heavy atom. The minimum Gasteiger partial charge on any atom is -0.466 e. The molecule has 1 aromatic rings. The number of esters is 2. The summed E-state index contributed by atoms with van der Waals surface area (Å²) in [5.74, 6) is -1.86. The van der Waals surface area contributed by atoms with Crippen LogP contribution in [0.2, 0.25) is 5.02 Å². The zero-order valence-electron chi connectivity index (χ0n) is 18.5. The zero-order chi connectivity index (χ0) is 24.3. The quantitative estimate of drug-likeness (QED) is 0.285. The van der Waals surface area contributed by atoms with Gasteiger partial charge >= 0.3 is 11.9 Å². The maximum atomic E-state index is 12.9. The van der Waals surface area contributed by atoms with Gasteiger partial charge in [-0.2, -0.15) is 0 Å². The maximum absolute atomic E-state index is 12.9. The van der Waals surface area contributed by atoms with Crippen LogP contribution in [0.1, 0.15) is 25.3 Å². The Bertz CT molecular complexity index is 898. The predicted octanol–water partition coefficient (Wildman–Crippen LogP) is 2.10. The summed E-state index contributed by atoms with van der Waals surface area (Å²) in [6.07, 6.45) is 1.19. The molecule has 178 valence electrons. The lowest BCUT2D eigenvalue weighted by Crippen LogP contribution is -2.35. The molecule has 4 N–H and O–H groups in total. The van der Waals surface area contributed by atoms with Crippen molar-refractivity contribution in [3.05, 3.63) is 57.4 Å². The smallest absolute Gasteiger partial charge is 0.336 e. The topological polar surface area (TPSA) is 137 Å². The third-order valence-electron chi connectivity index (χ3n) is 4.27. The number of nitrogens with two attached hydrogens (primary N) is 1. The van der Waals surface area contributed by atoms with Crippen molar-refractivity contribution >= 4 is 34.6 Å². The molecule has 0 spiro atoms. The molecule has 0 radical (unpaired) electrons. The van der Waals surface area contributed by atoms with Gasteiger partial charge in [0.2, 0.25) is 0 Å². The Morgan fingerprint density at radius 1 is 1.25 bits per heavy atom. The van der Waals surface area contributed by atoms with Gasteiger partial charge in [-0.3, -0.25) is 0 Å². The fourth-order valence-electron chi connectivity index (χ4n) is 3.12. The van der Waals surface area contributed by atoms with Crippen LogP contribution >= 0.6 is 11.6 Å². The molecule has 0 bridgehead atoms.